The summed E-state index contributed by atoms with van der Waals surface area (Å²) in [5.74, 6) is 1.41. The number of thioether (sulfide) groups is 1. The largest absolute Gasteiger partial charge is 0.490 e. The molecule has 8 heteroatoms. The summed E-state index contributed by atoms with van der Waals surface area (Å²) in [5, 5.41) is 1.67. The highest BCUT2D eigenvalue weighted by molar-refractivity contribution is 8.02. The maximum atomic E-state index is 13.4. The SMILES string of the molecule is Cc1cc2cc(OCC3SC=C(C(F)(F)F)N3C3CCOC3)ccc2o1. The minimum atomic E-state index is -4.38. The summed E-state index contributed by atoms with van der Waals surface area (Å²) in [6.07, 6.45) is -3.79. The predicted molar refractivity (Wildman–Crippen MR) is 93.0 cm³/mol. The van der Waals surface area contributed by atoms with Gasteiger partial charge in [-0.3, -0.25) is 0 Å². The molecule has 2 aromatic rings. The molecular formula is C18H18F3NO3S. The number of alkyl halides is 3. The van der Waals surface area contributed by atoms with Crippen molar-refractivity contribution in [3.63, 3.8) is 0 Å². The van der Waals surface area contributed by atoms with Crippen molar-refractivity contribution in [1.29, 1.82) is 0 Å². The van der Waals surface area contributed by atoms with Crippen molar-refractivity contribution in [3.8, 4) is 5.75 Å². The molecule has 0 N–H and O–H groups in total. The molecule has 2 unspecified atom stereocenters. The van der Waals surface area contributed by atoms with Crippen LogP contribution in [0.1, 0.15) is 12.2 Å². The van der Waals surface area contributed by atoms with E-state index < -0.39 is 17.2 Å². The Kier molecular flexibility index (Phi) is 4.56. The number of allylic oxidation sites excluding steroid dienone is 1. The molecule has 0 radical (unpaired) electrons. The quantitative estimate of drug-likeness (QED) is 0.763. The van der Waals surface area contributed by atoms with E-state index in [2.05, 4.69) is 0 Å². The van der Waals surface area contributed by atoms with Crippen LogP contribution in [0, 0.1) is 6.92 Å². The van der Waals surface area contributed by atoms with Crippen LogP contribution in [0.15, 0.2) is 39.8 Å². The summed E-state index contributed by atoms with van der Waals surface area (Å²) in [5.41, 5.74) is 0.156. The van der Waals surface area contributed by atoms with E-state index in [0.29, 0.717) is 25.4 Å². The number of halogens is 3. The van der Waals surface area contributed by atoms with E-state index in [1.807, 2.05) is 19.1 Å². The Morgan fingerprint density at radius 1 is 1.31 bits per heavy atom. The molecule has 2 atom stereocenters. The topological polar surface area (TPSA) is 34.8 Å². The van der Waals surface area contributed by atoms with Gasteiger partial charge in [0.1, 0.15) is 34.8 Å². The number of fused-ring (bicyclic) bond motifs is 1. The van der Waals surface area contributed by atoms with Crippen LogP contribution in [0.25, 0.3) is 11.0 Å². The highest BCUT2D eigenvalue weighted by Crippen LogP contribution is 2.43. The third-order valence-corrected chi connectivity index (χ3v) is 5.55. The highest BCUT2D eigenvalue weighted by atomic mass is 32.2. The number of aryl methyl sites for hydroxylation is 1. The van der Waals surface area contributed by atoms with E-state index in [0.717, 1.165) is 28.5 Å². The van der Waals surface area contributed by atoms with Crippen LogP contribution in [0.5, 0.6) is 5.75 Å². The van der Waals surface area contributed by atoms with E-state index in [-0.39, 0.29) is 12.6 Å². The normalized spacial score (nSPS) is 23.7. The van der Waals surface area contributed by atoms with Crippen LogP contribution in [0.4, 0.5) is 13.2 Å². The van der Waals surface area contributed by atoms with Gasteiger partial charge in [0, 0.05) is 17.4 Å². The summed E-state index contributed by atoms with van der Waals surface area (Å²) < 4.78 is 56.7. The first-order chi connectivity index (χ1) is 12.4. The summed E-state index contributed by atoms with van der Waals surface area (Å²) in [6, 6.07) is 7.04. The second-order valence-corrected chi connectivity index (χ2v) is 7.44. The van der Waals surface area contributed by atoms with Crippen LogP contribution in [0.2, 0.25) is 0 Å². The zero-order chi connectivity index (χ0) is 18.3. The Bertz CT molecular complexity index is 827. The lowest BCUT2D eigenvalue weighted by Gasteiger charge is -2.34. The lowest BCUT2D eigenvalue weighted by Crippen LogP contribution is -2.44. The van der Waals surface area contributed by atoms with Gasteiger partial charge in [-0.15, -0.1) is 11.8 Å². The predicted octanol–water partition coefficient (Wildman–Crippen LogP) is 4.69. The molecule has 1 fully saturated rings. The second kappa shape index (κ2) is 6.74. The van der Waals surface area contributed by atoms with Gasteiger partial charge in [-0.2, -0.15) is 13.2 Å². The van der Waals surface area contributed by atoms with Crippen LogP contribution in [-0.2, 0) is 4.74 Å². The smallest absolute Gasteiger partial charge is 0.431 e. The summed E-state index contributed by atoms with van der Waals surface area (Å²) in [4.78, 5) is 1.41. The molecular weight excluding hydrogens is 367 g/mol. The fourth-order valence-corrected chi connectivity index (χ4v) is 4.45. The standard InChI is InChI=1S/C18H18F3NO3S/c1-11-6-12-7-14(2-3-15(12)25-11)24-9-17-22(13-4-5-23-8-13)16(10-26-17)18(19,20)21/h2-3,6-7,10,13,17H,4-5,8-9H2,1H3. The lowest BCUT2D eigenvalue weighted by atomic mass is 10.2. The third kappa shape index (κ3) is 3.40. The summed E-state index contributed by atoms with van der Waals surface area (Å²) >= 11 is 1.14. The van der Waals surface area contributed by atoms with Crippen LogP contribution in [0.3, 0.4) is 0 Å². The van der Waals surface area contributed by atoms with Crippen molar-refractivity contribution in [1.82, 2.24) is 4.90 Å². The molecule has 1 aromatic carbocycles. The molecule has 4 nitrogen and oxygen atoms in total. The Hall–Kier alpha value is -1.80. The molecule has 0 spiro atoms. The maximum Gasteiger partial charge on any atom is 0.431 e. The fraction of sp³-hybridized carbons (Fsp3) is 0.444. The van der Waals surface area contributed by atoms with E-state index in [1.165, 1.54) is 10.3 Å². The van der Waals surface area contributed by atoms with Gasteiger partial charge in [0.15, 0.2) is 0 Å². The third-order valence-electron chi connectivity index (χ3n) is 4.52. The molecule has 1 aromatic heterocycles. The molecule has 0 saturated carbocycles. The van der Waals surface area contributed by atoms with Crippen LogP contribution >= 0.6 is 11.8 Å². The van der Waals surface area contributed by atoms with Crippen LogP contribution in [-0.4, -0.2) is 42.3 Å². The average molecular weight is 385 g/mol. The van der Waals surface area contributed by atoms with Crippen molar-refractivity contribution in [2.75, 3.05) is 19.8 Å². The molecule has 140 valence electrons. The van der Waals surface area contributed by atoms with Gasteiger partial charge < -0.3 is 18.8 Å². The van der Waals surface area contributed by atoms with Gasteiger partial charge >= 0.3 is 6.18 Å². The van der Waals surface area contributed by atoms with Gasteiger partial charge in [-0.1, -0.05) is 0 Å². The molecule has 2 aliphatic heterocycles. The minimum Gasteiger partial charge on any atom is -0.490 e. The van der Waals surface area contributed by atoms with E-state index in [1.54, 1.807) is 12.1 Å². The molecule has 4 rings (SSSR count). The number of ether oxygens (including phenoxy) is 2. The second-order valence-electron chi connectivity index (χ2n) is 6.38. The molecule has 3 heterocycles. The fourth-order valence-electron chi connectivity index (χ4n) is 3.34. The number of hydrogen-bond acceptors (Lipinski definition) is 5. The van der Waals surface area contributed by atoms with Crippen molar-refractivity contribution < 1.29 is 27.1 Å². The zero-order valence-corrected chi connectivity index (χ0v) is 14.9. The van der Waals surface area contributed by atoms with E-state index >= 15 is 0 Å². The van der Waals surface area contributed by atoms with Crippen LogP contribution < -0.4 is 4.74 Å². The van der Waals surface area contributed by atoms with Crippen molar-refractivity contribution in [2.45, 2.75) is 30.9 Å². The van der Waals surface area contributed by atoms with Crippen molar-refractivity contribution in [2.24, 2.45) is 0 Å². The molecule has 2 aliphatic rings. The molecule has 0 amide bonds. The molecule has 1 saturated heterocycles. The first-order valence-corrected chi connectivity index (χ1v) is 9.28. The first kappa shape index (κ1) is 17.6. The van der Waals surface area contributed by atoms with E-state index in [9.17, 15) is 13.2 Å². The van der Waals surface area contributed by atoms with Crippen molar-refractivity contribution in [3.05, 3.63) is 41.1 Å². The number of hydrogen-bond donors (Lipinski definition) is 0. The summed E-state index contributed by atoms with van der Waals surface area (Å²) in [6.45, 7) is 2.81. The first-order valence-electron chi connectivity index (χ1n) is 8.34. The van der Waals surface area contributed by atoms with Gasteiger partial charge in [-0.05, 0) is 37.6 Å². The van der Waals surface area contributed by atoms with Gasteiger partial charge in [-0.25, -0.2) is 0 Å². The molecule has 0 bridgehead atoms. The Labute approximate surface area is 152 Å². The van der Waals surface area contributed by atoms with Gasteiger partial charge in [0.05, 0.1) is 12.6 Å². The Balaban J connectivity index is 1.49. The number of benzene rings is 1. The lowest BCUT2D eigenvalue weighted by molar-refractivity contribution is -0.115. The molecule has 26 heavy (non-hydrogen) atoms. The zero-order valence-electron chi connectivity index (χ0n) is 14.1. The average Bonchev–Trinajstić information content (AvgIpc) is 3.29. The van der Waals surface area contributed by atoms with Crippen molar-refractivity contribution >= 4 is 22.7 Å². The Morgan fingerprint density at radius 3 is 2.88 bits per heavy atom. The van der Waals surface area contributed by atoms with E-state index in [4.69, 9.17) is 13.9 Å². The highest BCUT2D eigenvalue weighted by Gasteiger charge is 2.47. The Morgan fingerprint density at radius 2 is 2.15 bits per heavy atom. The maximum absolute atomic E-state index is 13.4. The molecule has 0 aliphatic carbocycles. The van der Waals surface area contributed by atoms with Gasteiger partial charge in [0.2, 0.25) is 0 Å². The number of rotatable bonds is 4. The number of nitrogens with zero attached hydrogens (tertiary/aromatic N) is 1. The number of furan rings is 1. The minimum absolute atomic E-state index is 0.152. The monoisotopic (exact) mass is 385 g/mol. The van der Waals surface area contributed by atoms with Gasteiger partial charge in [0.25, 0.3) is 0 Å². The summed E-state index contributed by atoms with van der Waals surface area (Å²) in [7, 11) is 0.